The average Bonchev–Trinajstić information content (AvgIpc) is 2.30. The van der Waals surface area contributed by atoms with Gasteiger partial charge in [-0.3, -0.25) is 4.79 Å². The zero-order valence-electron chi connectivity index (χ0n) is 7.92. The van der Waals surface area contributed by atoms with Crippen LogP contribution in [-0.2, 0) is 14.3 Å². The van der Waals surface area contributed by atoms with Gasteiger partial charge in [0.15, 0.2) is 0 Å². The number of methoxy groups -OCH3 is 1. The molecule has 0 aliphatic carbocycles. The minimum Gasteiger partial charge on any atom is -0.471 e. The van der Waals surface area contributed by atoms with Crippen molar-refractivity contribution in [2.45, 2.75) is 25.9 Å². The molecule has 0 atom stereocenters. The highest BCUT2D eigenvalue weighted by Crippen LogP contribution is 2.26. The van der Waals surface area contributed by atoms with E-state index in [0.717, 1.165) is 13.0 Å². The largest absolute Gasteiger partial charge is 0.471 e. The van der Waals surface area contributed by atoms with E-state index in [0.29, 0.717) is 6.47 Å². The molecular formula is C9H16O3. The van der Waals surface area contributed by atoms with E-state index in [1.807, 2.05) is 0 Å². The second-order valence-corrected chi connectivity index (χ2v) is 3.31. The summed E-state index contributed by atoms with van der Waals surface area (Å²) in [5.74, 6) is 0. The predicted octanol–water partition coefficient (Wildman–Crippen LogP) is 1.53. The fraction of sp³-hybridized carbons (Fsp3) is 0.667. The molecule has 3 heteroatoms. The molecule has 12 heavy (non-hydrogen) atoms. The third-order valence-electron chi connectivity index (χ3n) is 1.44. The molecule has 0 bridgehead atoms. The summed E-state index contributed by atoms with van der Waals surface area (Å²) in [6.07, 6.45) is 1.02. The third kappa shape index (κ3) is 4.91. The molecule has 0 aromatic heterocycles. The molecule has 0 N–H and O–H groups in total. The Hall–Kier alpha value is -0.830. The van der Waals surface area contributed by atoms with Crippen molar-refractivity contribution >= 4 is 6.47 Å². The Morgan fingerprint density at radius 3 is 2.25 bits per heavy atom. The smallest absolute Gasteiger partial charge is 0.292 e. The molecule has 0 amide bonds. The molecular weight excluding hydrogens is 156 g/mol. The number of rotatable bonds is 1. The summed E-state index contributed by atoms with van der Waals surface area (Å²) >= 11 is 0. The van der Waals surface area contributed by atoms with Gasteiger partial charge in [0.2, 0.25) is 0 Å². The Morgan fingerprint density at radius 2 is 2.17 bits per heavy atom. The second kappa shape index (κ2) is 4.93. The molecule has 0 aromatic rings. The van der Waals surface area contributed by atoms with Crippen molar-refractivity contribution in [2.24, 2.45) is 0 Å². The molecule has 1 saturated heterocycles. The van der Waals surface area contributed by atoms with Crippen LogP contribution in [-0.4, -0.2) is 25.8 Å². The number of carbonyl (C=O) groups excluding carboxylic acids is 1. The van der Waals surface area contributed by atoms with Gasteiger partial charge < -0.3 is 9.47 Å². The number of hydrogen-bond donors (Lipinski definition) is 0. The van der Waals surface area contributed by atoms with Gasteiger partial charge >= 0.3 is 0 Å². The van der Waals surface area contributed by atoms with Crippen LogP contribution < -0.4 is 0 Å². The molecule has 0 aromatic carbocycles. The van der Waals surface area contributed by atoms with Crippen molar-refractivity contribution in [3.05, 3.63) is 12.2 Å². The van der Waals surface area contributed by atoms with Crippen molar-refractivity contribution in [3.8, 4) is 0 Å². The van der Waals surface area contributed by atoms with Gasteiger partial charge in [-0.15, -0.1) is 0 Å². The summed E-state index contributed by atoms with van der Waals surface area (Å²) in [7, 11) is 1.31. The van der Waals surface area contributed by atoms with Crippen LogP contribution in [0.1, 0.15) is 20.3 Å². The normalized spacial score (nSPS) is 19.4. The zero-order valence-corrected chi connectivity index (χ0v) is 7.92. The van der Waals surface area contributed by atoms with E-state index in [9.17, 15) is 0 Å². The van der Waals surface area contributed by atoms with Gasteiger partial charge in [-0.25, -0.2) is 0 Å². The maximum absolute atomic E-state index is 8.95. The summed E-state index contributed by atoms with van der Waals surface area (Å²) in [4.78, 5) is 8.95. The minimum atomic E-state index is 0.0666. The van der Waals surface area contributed by atoms with Crippen LogP contribution in [0.25, 0.3) is 0 Å². The SMILES string of the molecule is C=C1COC(C)(C)C1.COC=O. The number of carbonyl (C=O) groups is 1. The highest BCUT2D eigenvalue weighted by Gasteiger charge is 2.25. The lowest BCUT2D eigenvalue weighted by Gasteiger charge is -2.13. The van der Waals surface area contributed by atoms with Gasteiger partial charge in [0.25, 0.3) is 6.47 Å². The quantitative estimate of drug-likeness (QED) is 0.444. The molecule has 0 unspecified atom stereocenters. The Kier molecular flexibility index (Phi) is 4.59. The number of hydrogen-bond acceptors (Lipinski definition) is 3. The van der Waals surface area contributed by atoms with Gasteiger partial charge in [-0.05, 0) is 25.8 Å². The molecule has 1 fully saturated rings. The lowest BCUT2D eigenvalue weighted by Crippen LogP contribution is -2.15. The Balaban J connectivity index is 0.000000261. The first kappa shape index (κ1) is 11.2. The maximum atomic E-state index is 8.95. The van der Waals surface area contributed by atoms with Crippen molar-refractivity contribution in [1.82, 2.24) is 0 Å². The number of ether oxygens (including phenoxy) is 2. The van der Waals surface area contributed by atoms with Crippen LogP contribution in [0.2, 0.25) is 0 Å². The van der Waals surface area contributed by atoms with E-state index < -0.39 is 0 Å². The highest BCUT2D eigenvalue weighted by molar-refractivity contribution is 5.36. The molecule has 0 radical (unpaired) electrons. The van der Waals surface area contributed by atoms with E-state index in [-0.39, 0.29) is 5.60 Å². The maximum Gasteiger partial charge on any atom is 0.292 e. The highest BCUT2D eigenvalue weighted by atomic mass is 16.5. The Morgan fingerprint density at radius 1 is 1.67 bits per heavy atom. The van der Waals surface area contributed by atoms with Crippen molar-refractivity contribution in [1.29, 1.82) is 0 Å². The van der Waals surface area contributed by atoms with Crippen LogP contribution >= 0.6 is 0 Å². The van der Waals surface area contributed by atoms with E-state index in [4.69, 9.17) is 9.53 Å². The summed E-state index contributed by atoms with van der Waals surface area (Å²) < 4.78 is 9.21. The first-order valence-corrected chi connectivity index (χ1v) is 3.79. The lowest BCUT2D eigenvalue weighted by molar-refractivity contribution is -0.126. The first-order chi connectivity index (χ1) is 5.52. The molecule has 0 saturated carbocycles. The fourth-order valence-corrected chi connectivity index (χ4v) is 1.00. The summed E-state index contributed by atoms with van der Waals surface area (Å²) in [5.41, 5.74) is 1.28. The van der Waals surface area contributed by atoms with Crippen LogP contribution in [0, 0.1) is 0 Å². The van der Waals surface area contributed by atoms with E-state index in [2.05, 4.69) is 25.2 Å². The van der Waals surface area contributed by atoms with Gasteiger partial charge in [0.1, 0.15) is 0 Å². The summed E-state index contributed by atoms with van der Waals surface area (Å²) in [5, 5.41) is 0. The van der Waals surface area contributed by atoms with Gasteiger partial charge in [0.05, 0.1) is 19.3 Å². The second-order valence-electron chi connectivity index (χ2n) is 3.31. The van der Waals surface area contributed by atoms with E-state index in [1.54, 1.807) is 0 Å². The molecule has 1 heterocycles. The van der Waals surface area contributed by atoms with Crippen molar-refractivity contribution < 1.29 is 14.3 Å². The van der Waals surface area contributed by atoms with Crippen LogP contribution in [0.15, 0.2) is 12.2 Å². The average molecular weight is 172 g/mol. The lowest BCUT2D eigenvalue weighted by atomic mass is 10.0. The van der Waals surface area contributed by atoms with Gasteiger partial charge in [-0.2, -0.15) is 0 Å². The van der Waals surface area contributed by atoms with Gasteiger partial charge in [-0.1, -0.05) is 6.58 Å². The topological polar surface area (TPSA) is 35.5 Å². The van der Waals surface area contributed by atoms with Crippen molar-refractivity contribution in [2.75, 3.05) is 13.7 Å². The standard InChI is InChI=1S/C7H12O.C2H4O2/c1-6-4-7(2,3)8-5-6;1-4-2-3/h1,4-5H2,2-3H3;2H,1H3. The van der Waals surface area contributed by atoms with Crippen LogP contribution in [0.4, 0.5) is 0 Å². The monoisotopic (exact) mass is 172 g/mol. The van der Waals surface area contributed by atoms with Crippen LogP contribution in [0.3, 0.4) is 0 Å². The van der Waals surface area contributed by atoms with Gasteiger partial charge in [0, 0.05) is 0 Å². The van der Waals surface area contributed by atoms with E-state index >= 15 is 0 Å². The third-order valence-corrected chi connectivity index (χ3v) is 1.44. The molecule has 0 spiro atoms. The Bertz CT molecular complexity index is 161. The fourth-order valence-electron chi connectivity index (χ4n) is 1.00. The molecule has 1 aliphatic rings. The van der Waals surface area contributed by atoms with Crippen molar-refractivity contribution in [3.63, 3.8) is 0 Å². The summed E-state index contributed by atoms with van der Waals surface area (Å²) in [6, 6.07) is 0. The van der Waals surface area contributed by atoms with Crippen LogP contribution in [0.5, 0.6) is 0 Å². The Labute approximate surface area is 73.4 Å². The van der Waals surface area contributed by atoms with E-state index in [1.165, 1.54) is 12.7 Å². The minimum absolute atomic E-state index is 0.0666. The first-order valence-electron chi connectivity index (χ1n) is 3.79. The zero-order chi connectivity index (χ0) is 9.61. The molecule has 1 rings (SSSR count). The predicted molar refractivity (Wildman–Crippen MR) is 46.9 cm³/mol. The molecule has 70 valence electrons. The molecule has 3 nitrogen and oxygen atoms in total. The summed E-state index contributed by atoms with van der Waals surface area (Å²) in [6.45, 7) is 9.13. The molecule has 1 aliphatic heterocycles.